The molecule has 0 saturated heterocycles. The summed E-state index contributed by atoms with van der Waals surface area (Å²) >= 11 is 0. The van der Waals surface area contributed by atoms with Gasteiger partial charge in [0, 0.05) is 18.2 Å². The SMILES string of the molecule is CCN(C)CC(N)c1cc(C)ccc1OC. The number of rotatable bonds is 5. The van der Waals surface area contributed by atoms with Crippen molar-refractivity contribution in [1.29, 1.82) is 0 Å². The van der Waals surface area contributed by atoms with Crippen molar-refractivity contribution in [1.82, 2.24) is 4.90 Å². The largest absolute Gasteiger partial charge is 0.496 e. The van der Waals surface area contributed by atoms with Gasteiger partial charge >= 0.3 is 0 Å². The Balaban J connectivity index is 2.88. The fraction of sp³-hybridized carbons (Fsp3) is 0.538. The molecule has 2 N–H and O–H groups in total. The Kier molecular flexibility index (Phi) is 4.77. The first-order chi connectivity index (χ1) is 7.58. The van der Waals surface area contributed by atoms with Crippen LogP contribution in [0.4, 0.5) is 0 Å². The van der Waals surface area contributed by atoms with Crippen LogP contribution >= 0.6 is 0 Å². The Morgan fingerprint density at radius 3 is 2.69 bits per heavy atom. The fourth-order valence-electron chi connectivity index (χ4n) is 1.71. The van der Waals surface area contributed by atoms with Crippen LogP contribution in [0.1, 0.15) is 24.1 Å². The van der Waals surface area contributed by atoms with Crippen molar-refractivity contribution >= 4 is 0 Å². The standard InChI is InChI=1S/C13H22N2O/c1-5-15(3)9-12(14)11-8-10(2)6-7-13(11)16-4/h6-8,12H,5,9,14H2,1-4H3. The number of nitrogens with two attached hydrogens (primary N) is 1. The molecule has 0 saturated carbocycles. The molecule has 0 radical (unpaired) electrons. The molecule has 0 aliphatic rings. The first-order valence-electron chi connectivity index (χ1n) is 5.67. The van der Waals surface area contributed by atoms with Crippen molar-refractivity contribution in [2.75, 3.05) is 27.2 Å². The van der Waals surface area contributed by atoms with Crippen LogP contribution in [0.5, 0.6) is 5.75 Å². The second-order valence-electron chi connectivity index (χ2n) is 4.21. The minimum Gasteiger partial charge on any atom is -0.496 e. The zero-order chi connectivity index (χ0) is 12.1. The molecule has 16 heavy (non-hydrogen) atoms. The second kappa shape index (κ2) is 5.87. The normalized spacial score (nSPS) is 12.9. The van der Waals surface area contributed by atoms with Gasteiger partial charge in [0.1, 0.15) is 5.75 Å². The van der Waals surface area contributed by atoms with E-state index >= 15 is 0 Å². The van der Waals surface area contributed by atoms with Gasteiger partial charge < -0.3 is 15.4 Å². The molecule has 1 aromatic rings. The minimum absolute atomic E-state index is 0.000185. The number of nitrogens with zero attached hydrogens (tertiary/aromatic N) is 1. The van der Waals surface area contributed by atoms with Crippen molar-refractivity contribution in [3.8, 4) is 5.75 Å². The molecule has 0 aromatic heterocycles. The average molecular weight is 222 g/mol. The summed E-state index contributed by atoms with van der Waals surface area (Å²) in [6.45, 7) is 6.04. The van der Waals surface area contributed by atoms with E-state index in [1.165, 1.54) is 5.56 Å². The molecule has 0 bridgehead atoms. The van der Waals surface area contributed by atoms with E-state index in [9.17, 15) is 0 Å². The summed E-state index contributed by atoms with van der Waals surface area (Å²) in [5.74, 6) is 0.877. The van der Waals surface area contributed by atoms with Crippen LogP contribution in [0.25, 0.3) is 0 Å². The highest BCUT2D eigenvalue weighted by Crippen LogP contribution is 2.25. The lowest BCUT2D eigenvalue weighted by Gasteiger charge is -2.21. The third-order valence-corrected chi connectivity index (χ3v) is 2.83. The summed E-state index contributed by atoms with van der Waals surface area (Å²) in [5.41, 5.74) is 8.49. The second-order valence-corrected chi connectivity index (χ2v) is 4.21. The van der Waals surface area contributed by atoms with Crippen LogP contribution in [-0.4, -0.2) is 32.1 Å². The first-order valence-corrected chi connectivity index (χ1v) is 5.67. The summed E-state index contributed by atoms with van der Waals surface area (Å²) < 4.78 is 5.34. The maximum atomic E-state index is 6.20. The lowest BCUT2D eigenvalue weighted by molar-refractivity contribution is 0.323. The quantitative estimate of drug-likeness (QED) is 0.827. The molecule has 1 atom stereocenters. The Morgan fingerprint density at radius 2 is 2.12 bits per heavy atom. The molecule has 1 rings (SSSR count). The van der Waals surface area contributed by atoms with Gasteiger partial charge in [-0.2, -0.15) is 0 Å². The summed E-state index contributed by atoms with van der Waals surface area (Å²) in [5, 5.41) is 0. The third kappa shape index (κ3) is 3.22. The first kappa shape index (κ1) is 13.0. The predicted octanol–water partition coefficient (Wildman–Crippen LogP) is 1.96. The lowest BCUT2D eigenvalue weighted by Crippen LogP contribution is -2.29. The van der Waals surface area contributed by atoms with Crippen molar-refractivity contribution in [3.63, 3.8) is 0 Å². The van der Waals surface area contributed by atoms with Gasteiger partial charge in [0.05, 0.1) is 7.11 Å². The molecule has 0 aliphatic heterocycles. The summed E-state index contributed by atoms with van der Waals surface area (Å²) in [6.07, 6.45) is 0. The van der Waals surface area contributed by atoms with Gasteiger partial charge in [0.15, 0.2) is 0 Å². The molecule has 0 heterocycles. The Morgan fingerprint density at radius 1 is 1.44 bits per heavy atom. The molecule has 0 aliphatic carbocycles. The number of hydrogen-bond acceptors (Lipinski definition) is 3. The topological polar surface area (TPSA) is 38.5 Å². The summed E-state index contributed by atoms with van der Waals surface area (Å²) in [6, 6.07) is 6.13. The highest BCUT2D eigenvalue weighted by atomic mass is 16.5. The van der Waals surface area contributed by atoms with Crippen LogP contribution in [0.3, 0.4) is 0 Å². The van der Waals surface area contributed by atoms with E-state index < -0.39 is 0 Å². The maximum absolute atomic E-state index is 6.20. The van der Waals surface area contributed by atoms with Gasteiger partial charge in [-0.25, -0.2) is 0 Å². The van der Waals surface area contributed by atoms with Gasteiger partial charge in [0.25, 0.3) is 0 Å². The molecular formula is C13H22N2O. The van der Waals surface area contributed by atoms with Gasteiger partial charge in [-0.3, -0.25) is 0 Å². The van der Waals surface area contributed by atoms with Gasteiger partial charge in [-0.1, -0.05) is 24.6 Å². The number of benzene rings is 1. The Bertz CT molecular complexity index is 339. The van der Waals surface area contributed by atoms with Crippen LogP contribution in [0.2, 0.25) is 0 Å². The van der Waals surface area contributed by atoms with E-state index in [1.807, 2.05) is 12.1 Å². The molecular weight excluding hydrogens is 200 g/mol. The fourth-order valence-corrected chi connectivity index (χ4v) is 1.71. The molecule has 1 aromatic carbocycles. The number of aryl methyl sites for hydroxylation is 1. The van der Waals surface area contributed by atoms with Crippen LogP contribution in [-0.2, 0) is 0 Å². The smallest absolute Gasteiger partial charge is 0.123 e. The number of methoxy groups -OCH3 is 1. The number of hydrogen-bond donors (Lipinski definition) is 1. The highest BCUT2D eigenvalue weighted by Gasteiger charge is 2.13. The molecule has 0 fully saturated rings. The van der Waals surface area contributed by atoms with Gasteiger partial charge in [0.2, 0.25) is 0 Å². The van der Waals surface area contributed by atoms with E-state index in [4.69, 9.17) is 10.5 Å². The summed E-state index contributed by atoms with van der Waals surface area (Å²) in [4.78, 5) is 2.20. The Labute approximate surface area is 98.2 Å². The van der Waals surface area contributed by atoms with Crippen molar-refractivity contribution in [2.45, 2.75) is 19.9 Å². The van der Waals surface area contributed by atoms with Crippen molar-refractivity contribution in [2.24, 2.45) is 5.73 Å². The molecule has 1 unspecified atom stereocenters. The van der Waals surface area contributed by atoms with Crippen LogP contribution in [0, 0.1) is 6.92 Å². The zero-order valence-corrected chi connectivity index (χ0v) is 10.7. The number of likely N-dealkylation sites (N-methyl/N-ethyl adjacent to an activating group) is 1. The van der Waals surface area contributed by atoms with Crippen molar-refractivity contribution < 1.29 is 4.74 Å². The van der Waals surface area contributed by atoms with E-state index in [-0.39, 0.29) is 6.04 Å². The van der Waals surface area contributed by atoms with Crippen molar-refractivity contribution in [3.05, 3.63) is 29.3 Å². The van der Waals surface area contributed by atoms with Crippen LogP contribution < -0.4 is 10.5 Å². The van der Waals surface area contributed by atoms with E-state index in [0.29, 0.717) is 0 Å². The molecule has 0 spiro atoms. The monoisotopic (exact) mass is 222 g/mol. The van der Waals surface area contributed by atoms with Gasteiger partial charge in [-0.15, -0.1) is 0 Å². The third-order valence-electron chi connectivity index (χ3n) is 2.83. The van der Waals surface area contributed by atoms with E-state index in [2.05, 4.69) is 31.9 Å². The number of ether oxygens (including phenoxy) is 1. The molecule has 0 amide bonds. The molecule has 90 valence electrons. The summed E-state index contributed by atoms with van der Waals surface area (Å²) in [7, 11) is 3.76. The molecule has 3 heteroatoms. The molecule has 3 nitrogen and oxygen atoms in total. The predicted molar refractivity (Wildman–Crippen MR) is 67.8 cm³/mol. The van der Waals surface area contributed by atoms with Crippen LogP contribution in [0.15, 0.2) is 18.2 Å². The van der Waals surface area contributed by atoms with Gasteiger partial charge in [-0.05, 0) is 26.6 Å². The minimum atomic E-state index is -0.000185. The average Bonchev–Trinajstić information content (AvgIpc) is 2.28. The van der Waals surface area contributed by atoms with E-state index in [1.54, 1.807) is 7.11 Å². The lowest BCUT2D eigenvalue weighted by atomic mass is 10.0. The maximum Gasteiger partial charge on any atom is 0.123 e. The highest BCUT2D eigenvalue weighted by molar-refractivity contribution is 5.39. The zero-order valence-electron chi connectivity index (χ0n) is 10.7. The Hall–Kier alpha value is -1.06. The van der Waals surface area contributed by atoms with E-state index in [0.717, 1.165) is 24.4 Å².